The Morgan fingerprint density at radius 1 is 1.41 bits per heavy atom. The zero-order valence-corrected chi connectivity index (χ0v) is 13.5. The Morgan fingerprint density at radius 2 is 2.18 bits per heavy atom. The summed E-state index contributed by atoms with van der Waals surface area (Å²) < 4.78 is 16.8. The lowest BCUT2D eigenvalue weighted by molar-refractivity contribution is -0.0664. The highest BCUT2D eigenvalue weighted by atomic mass is 16.5. The van der Waals surface area contributed by atoms with Crippen molar-refractivity contribution in [2.75, 3.05) is 33.4 Å². The molecular weight excluding hydrogens is 282 g/mol. The number of ether oxygens (including phenoxy) is 2. The topological polar surface area (TPSA) is 51.9 Å². The fourth-order valence-electron chi connectivity index (χ4n) is 3.80. The van der Waals surface area contributed by atoms with Crippen molar-refractivity contribution >= 4 is 5.91 Å². The summed E-state index contributed by atoms with van der Waals surface area (Å²) in [7, 11) is 1.75. The van der Waals surface area contributed by atoms with Crippen LogP contribution < -0.4 is 0 Å². The lowest BCUT2D eigenvalue weighted by Crippen LogP contribution is -2.49. The van der Waals surface area contributed by atoms with E-state index in [-0.39, 0.29) is 11.5 Å². The van der Waals surface area contributed by atoms with Crippen LogP contribution in [-0.2, 0) is 9.47 Å². The first-order valence-electron chi connectivity index (χ1n) is 8.13. The Hall–Kier alpha value is -1.33. The first-order chi connectivity index (χ1) is 10.6. The van der Waals surface area contributed by atoms with Crippen molar-refractivity contribution in [2.24, 2.45) is 5.92 Å². The van der Waals surface area contributed by atoms with Crippen molar-refractivity contribution in [3.63, 3.8) is 0 Å². The summed E-state index contributed by atoms with van der Waals surface area (Å²) in [5.74, 6) is 1.76. The minimum Gasteiger partial charge on any atom is -0.456 e. The summed E-state index contributed by atoms with van der Waals surface area (Å²) in [6, 6.07) is 3.59. The molecule has 2 saturated heterocycles. The van der Waals surface area contributed by atoms with Crippen molar-refractivity contribution < 1.29 is 18.7 Å². The van der Waals surface area contributed by atoms with Gasteiger partial charge in [0.15, 0.2) is 5.76 Å². The molecule has 3 heterocycles. The molecule has 0 aromatic carbocycles. The number of carbonyl (C=O) groups is 1. The second-order valence-electron chi connectivity index (χ2n) is 6.38. The van der Waals surface area contributed by atoms with Gasteiger partial charge in [-0.2, -0.15) is 0 Å². The van der Waals surface area contributed by atoms with Crippen LogP contribution in [0.3, 0.4) is 0 Å². The van der Waals surface area contributed by atoms with Gasteiger partial charge in [-0.25, -0.2) is 0 Å². The van der Waals surface area contributed by atoms with Gasteiger partial charge in [-0.15, -0.1) is 0 Å². The fourth-order valence-corrected chi connectivity index (χ4v) is 3.80. The molecule has 22 heavy (non-hydrogen) atoms. The van der Waals surface area contributed by atoms with E-state index >= 15 is 0 Å². The first-order valence-corrected chi connectivity index (χ1v) is 8.13. The van der Waals surface area contributed by atoms with Gasteiger partial charge in [0.05, 0.1) is 5.60 Å². The van der Waals surface area contributed by atoms with Crippen LogP contribution in [0.2, 0.25) is 0 Å². The molecular formula is C17H25NO4. The van der Waals surface area contributed by atoms with Crippen LogP contribution in [-0.4, -0.2) is 49.8 Å². The largest absolute Gasteiger partial charge is 0.456 e. The Labute approximate surface area is 131 Å². The predicted molar refractivity (Wildman–Crippen MR) is 81.9 cm³/mol. The van der Waals surface area contributed by atoms with E-state index < -0.39 is 0 Å². The smallest absolute Gasteiger partial charge is 0.289 e. The maximum Gasteiger partial charge on any atom is 0.289 e. The Morgan fingerprint density at radius 3 is 2.82 bits per heavy atom. The molecule has 5 nitrogen and oxygen atoms in total. The van der Waals surface area contributed by atoms with Gasteiger partial charge in [0, 0.05) is 33.4 Å². The van der Waals surface area contributed by atoms with E-state index in [9.17, 15) is 4.79 Å². The lowest BCUT2D eigenvalue weighted by atomic mass is 9.78. The molecule has 0 N–H and O–H groups in total. The van der Waals surface area contributed by atoms with E-state index in [0.29, 0.717) is 11.7 Å². The van der Waals surface area contributed by atoms with Crippen molar-refractivity contribution in [1.29, 1.82) is 0 Å². The molecule has 3 rings (SSSR count). The number of furan rings is 1. The normalized spacial score (nSPS) is 24.1. The van der Waals surface area contributed by atoms with Gasteiger partial charge in [0.1, 0.15) is 5.76 Å². The highest BCUT2D eigenvalue weighted by Gasteiger charge is 2.46. The van der Waals surface area contributed by atoms with Gasteiger partial charge >= 0.3 is 0 Å². The number of amides is 1. The minimum absolute atomic E-state index is 0.00520. The van der Waals surface area contributed by atoms with Crippen LogP contribution in [0, 0.1) is 12.8 Å². The monoisotopic (exact) mass is 307 g/mol. The van der Waals surface area contributed by atoms with E-state index in [0.717, 1.165) is 57.7 Å². The van der Waals surface area contributed by atoms with Crippen molar-refractivity contribution in [3.05, 3.63) is 23.7 Å². The maximum atomic E-state index is 12.4. The lowest BCUT2D eigenvalue weighted by Gasteiger charge is -2.42. The highest BCUT2D eigenvalue weighted by Crippen LogP contribution is 2.42. The number of likely N-dealkylation sites (tertiary alicyclic amines) is 1. The molecule has 0 aliphatic carbocycles. The summed E-state index contributed by atoms with van der Waals surface area (Å²) in [5, 5.41) is 0. The fraction of sp³-hybridized carbons (Fsp3) is 0.706. The zero-order chi connectivity index (χ0) is 15.6. The molecule has 1 amide bonds. The van der Waals surface area contributed by atoms with Crippen LogP contribution in [0.5, 0.6) is 0 Å². The summed E-state index contributed by atoms with van der Waals surface area (Å²) >= 11 is 0. The van der Waals surface area contributed by atoms with Crippen LogP contribution in [0.1, 0.15) is 42.0 Å². The SMILES string of the molecule is COCCC1CCOC12CCN(C(=O)c1ccc(C)o1)CC2. The van der Waals surface area contributed by atoms with Gasteiger partial charge in [-0.05, 0) is 50.7 Å². The number of carbonyl (C=O) groups excluding carboxylic acids is 1. The van der Waals surface area contributed by atoms with Gasteiger partial charge in [-0.3, -0.25) is 4.79 Å². The maximum absolute atomic E-state index is 12.4. The molecule has 2 aliphatic rings. The molecule has 2 fully saturated rings. The third-order valence-electron chi connectivity index (χ3n) is 5.12. The Kier molecular flexibility index (Phi) is 4.54. The van der Waals surface area contributed by atoms with Crippen LogP contribution in [0.4, 0.5) is 0 Å². The second-order valence-corrected chi connectivity index (χ2v) is 6.38. The molecule has 0 saturated carbocycles. The van der Waals surface area contributed by atoms with E-state index in [1.165, 1.54) is 0 Å². The van der Waals surface area contributed by atoms with E-state index in [1.54, 1.807) is 13.2 Å². The van der Waals surface area contributed by atoms with Crippen LogP contribution in [0.25, 0.3) is 0 Å². The van der Waals surface area contributed by atoms with Gasteiger partial charge in [0.25, 0.3) is 5.91 Å². The van der Waals surface area contributed by atoms with Gasteiger partial charge < -0.3 is 18.8 Å². The van der Waals surface area contributed by atoms with E-state index in [4.69, 9.17) is 13.9 Å². The Bertz CT molecular complexity index is 516. The molecule has 1 aromatic rings. The number of methoxy groups -OCH3 is 1. The van der Waals surface area contributed by atoms with E-state index in [2.05, 4.69) is 0 Å². The highest BCUT2D eigenvalue weighted by molar-refractivity contribution is 5.91. The summed E-state index contributed by atoms with van der Waals surface area (Å²) in [4.78, 5) is 14.3. The number of aryl methyl sites for hydroxylation is 1. The third kappa shape index (κ3) is 2.92. The summed E-state index contributed by atoms with van der Waals surface area (Å²) in [6.07, 6.45) is 3.97. The molecule has 122 valence electrons. The summed E-state index contributed by atoms with van der Waals surface area (Å²) in [5.41, 5.74) is -0.0472. The molecule has 2 aliphatic heterocycles. The number of hydrogen-bond donors (Lipinski definition) is 0. The van der Waals surface area contributed by atoms with E-state index in [1.807, 2.05) is 17.9 Å². The van der Waals surface area contributed by atoms with Crippen molar-refractivity contribution in [3.8, 4) is 0 Å². The van der Waals surface area contributed by atoms with Crippen LogP contribution in [0.15, 0.2) is 16.5 Å². The zero-order valence-electron chi connectivity index (χ0n) is 13.5. The molecule has 5 heteroatoms. The minimum atomic E-state index is -0.0472. The third-order valence-corrected chi connectivity index (χ3v) is 5.12. The summed E-state index contributed by atoms with van der Waals surface area (Å²) in [6.45, 7) is 4.95. The predicted octanol–water partition coefficient (Wildman–Crippen LogP) is 2.64. The quantitative estimate of drug-likeness (QED) is 0.858. The number of hydrogen-bond acceptors (Lipinski definition) is 4. The molecule has 1 spiro atoms. The second kappa shape index (κ2) is 6.42. The number of nitrogens with zero attached hydrogens (tertiary/aromatic N) is 1. The van der Waals surface area contributed by atoms with Crippen molar-refractivity contribution in [1.82, 2.24) is 4.90 Å². The molecule has 1 atom stereocenters. The standard InChI is InChI=1S/C17H25NO4/c1-13-3-4-15(22-13)16(19)18-9-7-17(8-10-18)14(5-11-20-2)6-12-21-17/h3-4,14H,5-12H2,1-2H3. The van der Waals surface area contributed by atoms with Gasteiger partial charge in [-0.1, -0.05) is 0 Å². The number of piperidine rings is 1. The first kappa shape index (κ1) is 15.6. The average molecular weight is 307 g/mol. The van der Waals surface area contributed by atoms with Crippen LogP contribution >= 0.6 is 0 Å². The van der Waals surface area contributed by atoms with Gasteiger partial charge in [0.2, 0.25) is 0 Å². The average Bonchev–Trinajstić information content (AvgIpc) is 3.12. The van der Waals surface area contributed by atoms with Crippen molar-refractivity contribution in [2.45, 2.75) is 38.2 Å². The molecule has 1 unspecified atom stereocenters. The molecule has 1 aromatic heterocycles. The number of rotatable bonds is 4. The molecule has 0 radical (unpaired) electrons. The molecule has 0 bridgehead atoms. The Balaban J connectivity index is 1.61.